The van der Waals surface area contributed by atoms with Gasteiger partial charge in [-0.15, -0.1) is 0 Å². The number of aliphatic hydroxyl groups is 1. The summed E-state index contributed by atoms with van der Waals surface area (Å²) in [5, 5.41) is 10.3. The van der Waals surface area contributed by atoms with E-state index >= 15 is 0 Å². The van der Waals surface area contributed by atoms with Crippen molar-refractivity contribution in [3.05, 3.63) is 40.7 Å². The van der Waals surface area contributed by atoms with Crippen LogP contribution in [-0.4, -0.2) is 45.6 Å². The van der Waals surface area contributed by atoms with Gasteiger partial charge in [-0.2, -0.15) is 0 Å². The van der Waals surface area contributed by atoms with Gasteiger partial charge in [-0.05, 0) is 58.9 Å². The maximum absolute atomic E-state index is 13.5. The Morgan fingerprint density at radius 1 is 1.27 bits per heavy atom. The number of hydrogen-bond donors (Lipinski definition) is 1. The van der Waals surface area contributed by atoms with Crippen LogP contribution in [0.2, 0.25) is 0 Å². The van der Waals surface area contributed by atoms with Crippen LogP contribution in [-0.2, 0) is 12.0 Å². The summed E-state index contributed by atoms with van der Waals surface area (Å²) in [5.74, 6) is 2.14. The molecule has 0 aromatic carbocycles. The Morgan fingerprint density at radius 3 is 2.67 bits per heavy atom. The second-order valence-corrected chi connectivity index (χ2v) is 8.98. The molecule has 4 rings (SSSR count). The first-order valence-corrected chi connectivity index (χ1v) is 10.8. The van der Waals surface area contributed by atoms with Gasteiger partial charge in [0.05, 0.1) is 18.4 Å². The van der Waals surface area contributed by atoms with Crippen LogP contribution in [0.25, 0.3) is 0 Å². The molecule has 7 nitrogen and oxygen atoms in total. The minimum Gasteiger partial charge on any atom is -0.481 e. The number of methoxy groups -OCH3 is 1. The summed E-state index contributed by atoms with van der Waals surface area (Å²) in [6.07, 6.45) is 5.66. The summed E-state index contributed by atoms with van der Waals surface area (Å²) in [7, 11) is 1.60. The molecule has 0 spiro atoms. The smallest absolute Gasteiger partial charge is 0.255 e. The van der Waals surface area contributed by atoms with Gasteiger partial charge in [0.2, 0.25) is 5.88 Å². The fraction of sp³-hybridized carbons (Fsp3) is 0.609. The van der Waals surface area contributed by atoms with E-state index in [0.717, 1.165) is 44.3 Å². The summed E-state index contributed by atoms with van der Waals surface area (Å²) in [6.45, 7) is 5.94. The van der Waals surface area contributed by atoms with Crippen molar-refractivity contribution < 1.29 is 19.1 Å². The molecule has 1 unspecified atom stereocenters. The monoisotopic (exact) mass is 413 g/mol. The molecule has 3 heterocycles. The summed E-state index contributed by atoms with van der Waals surface area (Å²) < 4.78 is 11.1. The lowest BCUT2D eigenvalue weighted by Crippen LogP contribution is -2.45. The Hall–Kier alpha value is -2.41. The number of amides is 1. The largest absolute Gasteiger partial charge is 0.481 e. The minimum atomic E-state index is -1.05. The van der Waals surface area contributed by atoms with Crippen molar-refractivity contribution in [2.45, 2.75) is 76.9 Å². The third-order valence-electron chi connectivity index (χ3n) is 6.02. The standard InChI is InChI=1S/C23H31N3O4/c1-14-21(23(2,3)28)25-19(30-14)13-16-7-5-6-12-26(16)22(27)17-10-11-18(29-4)24-20(17)15-8-9-15/h10-11,15-16,28H,5-9,12-13H2,1-4H3. The number of nitrogens with zero attached hydrogens (tertiary/aromatic N) is 3. The maximum atomic E-state index is 13.5. The highest BCUT2D eigenvalue weighted by Crippen LogP contribution is 2.42. The molecule has 1 atom stereocenters. The topological polar surface area (TPSA) is 88.7 Å². The summed E-state index contributed by atoms with van der Waals surface area (Å²) in [4.78, 5) is 24.6. The molecule has 0 radical (unpaired) electrons. The van der Waals surface area contributed by atoms with Crippen molar-refractivity contribution in [2.75, 3.05) is 13.7 Å². The Morgan fingerprint density at radius 2 is 2.03 bits per heavy atom. The predicted molar refractivity (Wildman–Crippen MR) is 112 cm³/mol. The molecule has 1 N–H and O–H groups in total. The summed E-state index contributed by atoms with van der Waals surface area (Å²) in [5.41, 5.74) is 1.05. The molecule has 7 heteroatoms. The number of aryl methyl sites for hydroxylation is 1. The van der Waals surface area contributed by atoms with Crippen LogP contribution in [0.3, 0.4) is 0 Å². The zero-order valence-electron chi connectivity index (χ0n) is 18.3. The van der Waals surface area contributed by atoms with Gasteiger partial charge in [-0.1, -0.05) is 0 Å². The average molecular weight is 414 g/mol. The first kappa shape index (κ1) is 20.8. The lowest BCUT2D eigenvalue weighted by atomic mass is 9.97. The number of rotatable bonds is 6. The predicted octanol–water partition coefficient (Wildman–Crippen LogP) is 3.73. The normalized spacial score (nSPS) is 19.8. The number of carbonyl (C=O) groups excluding carboxylic acids is 1. The molecule has 0 bridgehead atoms. The van der Waals surface area contributed by atoms with E-state index in [2.05, 4.69) is 9.97 Å². The van der Waals surface area contributed by atoms with E-state index in [1.807, 2.05) is 17.9 Å². The third-order valence-corrected chi connectivity index (χ3v) is 6.02. The van der Waals surface area contributed by atoms with Crippen LogP contribution in [0.5, 0.6) is 5.88 Å². The number of likely N-dealkylation sites (tertiary alicyclic amines) is 1. The number of piperidine rings is 1. The highest BCUT2D eigenvalue weighted by atomic mass is 16.5. The van der Waals surface area contributed by atoms with Gasteiger partial charge in [-0.3, -0.25) is 4.79 Å². The van der Waals surface area contributed by atoms with Crippen LogP contribution in [0, 0.1) is 6.92 Å². The minimum absolute atomic E-state index is 0.0214. The maximum Gasteiger partial charge on any atom is 0.255 e. The van der Waals surface area contributed by atoms with Gasteiger partial charge in [0.25, 0.3) is 5.91 Å². The number of hydrogen-bond acceptors (Lipinski definition) is 6. The fourth-order valence-corrected chi connectivity index (χ4v) is 4.36. The van der Waals surface area contributed by atoms with Crippen molar-refractivity contribution >= 4 is 5.91 Å². The lowest BCUT2D eigenvalue weighted by Gasteiger charge is -2.35. The SMILES string of the molecule is COc1ccc(C(=O)N2CCCCC2Cc2nc(C(C)(C)O)c(C)o2)c(C2CC2)n1. The average Bonchev–Trinajstić information content (AvgIpc) is 3.49. The third kappa shape index (κ3) is 4.21. The Labute approximate surface area is 177 Å². The summed E-state index contributed by atoms with van der Waals surface area (Å²) >= 11 is 0. The van der Waals surface area contributed by atoms with Gasteiger partial charge in [0.15, 0.2) is 5.89 Å². The molecule has 2 aromatic heterocycles. The van der Waals surface area contributed by atoms with E-state index in [1.54, 1.807) is 27.0 Å². The zero-order valence-corrected chi connectivity index (χ0v) is 18.3. The molecule has 1 aliphatic carbocycles. The molecule has 162 valence electrons. The number of ether oxygens (including phenoxy) is 1. The molecule has 2 fully saturated rings. The second-order valence-electron chi connectivity index (χ2n) is 8.98. The Balaban J connectivity index is 1.58. The number of pyridine rings is 1. The van der Waals surface area contributed by atoms with Gasteiger partial charge < -0.3 is 19.2 Å². The molecule has 30 heavy (non-hydrogen) atoms. The molecule has 2 aromatic rings. The highest BCUT2D eigenvalue weighted by Gasteiger charge is 2.35. The van der Waals surface area contributed by atoms with Crippen LogP contribution >= 0.6 is 0 Å². The molecule has 1 saturated carbocycles. The van der Waals surface area contributed by atoms with Crippen molar-refractivity contribution in [1.82, 2.24) is 14.9 Å². The highest BCUT2D eigenvalue weighted by molar-refractivity contribution is 5.96. The van der Waals surface area contributed by atoms with Crippen LogP contribution in [0.15, 0.2) is 16.5 Å². The fourth-order valence-electron chi connectivity index (χ4n) is 4.36. The molecular weight excluding hydrogens is 382 g/mol. The van der Waals surface area contributed by atoms with E-state index in [4.69, 9.17) is 9.15 Å². The van der Waals surface area contributed by atoms with E-state index in [0.29, 0.717) is 41.1 Å². The van der Waals surface area contributed by atoms with E-state index in [-0.39, 0.29) is 11.9 Å². The van der Waals surface area contributed by atoms with E-state index < -0.39 is 5.60 Å². The Kier molecular flexibility index (Phi) is 5.57. The number of carbonyl (C=O) groups is 1. The van der Waals surface area contributed by atoms with Gasteiger partial charge in [0.1, 0.15) is 17.1 Å². The summed E-state index contributed by atoms with van der Waals surface area (Å²) in [6, 6.07) is 3.65. The van der Waals surface area contributed by atoms with Gasteiger partial charge >= 0.3 is 0 Å². The first-order chi connectivity index (χ1) is 14.3. The first-order valence-electron chi connectivity index (χ1n) is 10.8. The number of oxazole rings is 1. The van der Waals surface area contributed by atoms with Crippen molar-refractivity contribution in [3.8, 4) is 5.88 Å². The van der Waals surface area contributed by atoms with Gasteiger partial charge in [-0.25, -0.2) is 9.97 Å². The zero-order chi connectivity index (χ0) is 21.5. The molecule has 1 amide bonds. The van der Waals surface area contributed by atoms with Crippen molar-refractivity contribution in [1.29, 1.82) is 0 Å². The van der Waals surface area contributed by atoms with Crippen LogP contribution in [0.4, 0.5) is 0 Å². The Bertz CT molecular complexity index is 927. The molecular formula is C23H31N3O4. The molecule has 1 saturated heterocycles. The van der Waals surface area contributed by atoms with E-state index in [9.17, 15) is 9.90 Å². The van der Waals surface area contributed by atoms with Gasteiger partial charge in [0, 0.05) is 31.0 Å². The second kappa shape index (κ2) is 8.02. The lowest BCUT2D eigenvalue weighted by molar-refractivity contribution is 0.0602. The molecule has 1 aliphatic heterocycles. The van der Waals surface area contributed by atoms with Crippen molar-refractivity contribution in [3.63, 3.8) is 0 Å². The van der Waals surface area contributed by atoms with E-state index in [1.165, 1.54) is 0 Å². The number of aromatic nitrogens is 2. The quantitative estimate of drug-likeness (QED) is 0.776. The molecule has 2 aliphatic rings. The van der Waals surface area contributed by atoms with Crippen LogP contribution in [0.1, 0.15) is 85.3 Å². The van der Waals surface area contributed by atoms with Crippen LogP contribution < -0.4 is 4.74 Å². The van der Waals surface area contributed by atoms with Crippen molar-refractivity contribution in [2.24, 2.45) is 0 Å².